The van der Waals surface area contributed by atoms with Crippen LogP contribution in [-0.4, -0.2) is 27.6 Å². The van der Waals surface area contributed by atoms with Crippen LogP contribution >= 0.6 is 11.6 Å². The summed E-state index contributed by atoms with van der Waals surface area (Å²) in [5, 5.41) is 6.34. The van der Waals surface area contributed by atoms with Gasteiger partial charge >= 0.3 is 0 Å². The molecule has 0 aliphatic carbocycles. The molecule has 0 atom stereocenters. The Morgan fingerprint density at radius 3 is 2.39 bits per heavy atom. The van der Waals surface area contributed by atoms with E-state index in [1.165, 1.54) is 11.8 Å². The number of aryl methyl sites for hydroxylation is 1. The van der Waals surface area contributed by atoms with Crippen LogP contribution in [0.4, 0.5) is 11.4 Å². The van der Waals surface area contributed by atoms with Crippen molar-refractivity contribution in [3.8, 4) is 0 Å². The minimum absolute atomic E-state index is 0.0960. The average molecular weight is 461 g/mol. The number of aromatic nitrogens is 1. The van der Waals surface area contributed by atoms with E-state index < -0.39 is 11.8 Å². The fourth-order valence-electron chi connectivity index (χ4n) is 3.52. The third kappa shape index (κ3) is 4.78. The standard InChI is InChI=1S/C25H21ClN4O3/c1-15-5-8-20(12-21(15)26)29-23-22(18-6-9-19(10-7-18)28-16(2)31)24(32)30(25(23)33)14-17-4-3-11-27-13-17/h3-13,29H,14H2,1-2H3,(H,28,31). The van der Waals surface area contributed by atoms with E-state index >= 15 is 0 Å². The van der Waals surface area contributed by atoms with Crippen LogP contribution < -0.4 is 10.6 Å². The number of hydrogen-bond acceptors (Lipinski definition) is 5. The maximum atomic E-state index is 13.4. The van der Waals surface area contributed by atoms with Crippen LogP contribution in [0.15, 0.2) is 72.7 Å². The number of halogens is 1. The number of benzene rings is 2. The quantitative estimate of drug-likeness (QED) is 0.532. The van der Waals surface area contributed by atoms with E-state index in [0.717, 1.165) is 11.1 Å². The Morgan fingerprint density at radius 1 is 1.03 bits per heavy atom. The molecule has 0 fully saturated rings. The molecular formula is C25H21ClN4O3. The lowest BCUT2D eigenvalue weighted by atomic mass is 10.0. The molecule has 4 rings (SSSR count). The summed E-state index contributed by atoms with van der Waals surface area (Å²) in [6.45, 7) is 3.40. The molecule has 8 heteroatoms. The molecule has 166 valence electrons. The maximum absolute atomic E-state index is 13.4. The number of anilines is 2. The Labute approximate surface area is 196 Å². The number of hydrogen-bond donors (Lipinski definition) is 2. The van der Waals surface area contributed by atoms with Crippen molar-refractivity contribution < 1.29 is 14.4 Å². The summed E-state index contributed by atoms with van der Waals surface area (Å²) < 4.78 is 0. The Morgan fingerprint density at radius 2 is 1.76 bits per heavy atom. The van der Waals surface area contributed by atoms with E-state index in [9.17, 15) is 14.4 Å². The zero-order valence-corrected chi connectivity index (χ0v) is 18.8. The van der Waals surface area contributed by atoms with Crippen molar-refractivity contribution in [2.24, 2.45) is 0 Å². The molecule has 1 aliphatic rings. The highest BCUT2D eigenvalue weighted by molar-refractivity contribution is 6.36. The van der Waals surface area contributed by atoms with Gasteiger partial charge in [-0.3, -0.25) is 24.3 Å². The Kier molecular flexibility index (Phi) is 6.24. The second-order valence-corrected chi connectivity index (χ2v) is 8.06. The molecule has 0 bridgehead atoms. The maximum Gasteiger partial charge on any atom is 0.278 e. The number of nitrogens with zero attached hydrogens (tertiary/aromatic N) is 2. The van der Waals surface area contributed by atoms with Crippen molar-refractivity contribution in [2.45, 2.75) is 20.4 Å². The van der Waals surface area contributed by atoms with Crippen LogP contribution in [-0.2, 0) is 20.9 Å². The minimum Gasteiger partial charge on any atom is -0.350 e. The molecule has 2 N–H and O–H groups in total. The fourth-order valence-corrected chi connectivity index (χ4v) is 3.70. The molecule has 3 amide bonds. The van der Waals surface area contributed by atoms with Gasteiger partial charge in [0.2, 0.25) is 5.91 Å². The van der Waals surface area contributed by atoms with E-state index in [2.05, 4.69) is 15.6 Å². The zero-order chi connectivity index (χ0) is 23.5. The molecule has 33 heavy (non-hydrogen) atoms. The van der Waals surface area contributed by atoms with Gasteiger partial charge in [0.25, 0.3) is 11.8 Å². The largest absolute Gasteiger partial charge is 0.350 e. The lowest BCUT2D eigenvalue weighted by Crippen LogP contribution is -2.32. The molecule has 1 aliphatic heterocycles. The number of carbonyl (C=O) groups excluding carboxylic acids is 3. The zero-order valence-electron chi connectivity index (χ0n) is 18.1. The van der Waals surface area contributed by atoms with Crippen LogP contribution in [0.5, 0.6) is 0 Å². The number of nitrogens with one attached hydrogen (secondary N) is 2. The summed E-state index contributed by atoms with van der Waals surface area (Å²) in [6.07, 6.45) is 3.25. The molecule has 0 saturated carbocycles. The Hall–Kier alpha value is -3.97. The Bertz CT molecular complexity index is 1270. The lowest BCUT2D eigenvalue weighted by molar-refractivity contribution is -0.137. The molecule has 0 saturated heterocycles. The number of rotatable bonds is 6. The molecule has 3 aromatic rings. The average Bonchev–Trinajstić information content (AvgIpc) is 3.01. The van der Waals surface area contributed by atoms with Crippen LogP contribution in [0.1, 0.15) is 23.6 Å². The molecule has 0 unspecified atom stereocenters. The third-order valence-corrected chi connectivity index (χ3v) is 5.57. The summed E-state index contributed by atoms with van der Waals surface area (Å²) in [4.78, 5) is 43.3. The van der Waals surface area contributed by atoms with Gasteiger partial charge in [-0.05, 0) is 53.9 Å². The fraction of sp³-hybridized carbons (Fsp3) is 0.120. The summed E-state index contributed by atoms with van der Waals surface area (Å²) in [5.74, 6) is -1.06. The number of pyridine rings is 1. The minimum atomic E-state index is -0.443. The first-order valence-electron chi connectivity index (χ1n) is 10.2. The van der Waals surface area contributed by atoms with Crippen molar-refractivity contribution in [3.05, 3.63) is 94.4 Å². The van der Waals surface area contributed by atoms with Crippen LogP contribution in [0.3, 0.4) is 0 Å². The first-order chi connectivity index (χ1) is 15.8. The molecule has 0 radical (unpaired) electrons. The first-order valence-corrected chi connectivity index (χ1v) is 10.6. The summed E-state index contributed by atoms with van der Waals surface area (Å²) >= 11 is 6.25. The molecule has 2 aromatic carbocycles. The molecule has 2 heterocycles. The van der Waals surface area contributed by atoms with Crippen molar-refractivity contribution in [1.82, 2.24) is 9.88 Å². The smallest absolute Gasteiger partial charge is 0.278 e. The van der Waals surface area contributed by atoms with Gasteiger partial charge in [0.15, 0.2) is 0 Å². The molecule has 7 nitrogen and oxygen atoms in total. The van der Waals surface area contributed by atoms with Gasteiger partial charge in [0, 0.05) is 35.7 Å². The number of imide groups is 1. The normalized spacial score (nSPS) is 13.5. The van der Waals surface area contributed by atoms with E-state index in [0.29, 0.717) is 22.0 Å². The predicted molar refractivity (Wildman–Crippen MR) is 127 cm³/mol. The van der Waals surface area contributed by atoms with Gasteiger partial charge < -0.3 is 10.6 Å². The first kappa shape index (κ1) is 22.2. The van der Waals surface area contributed by atoms with Gasteiger partial charge in [0.05, 0.1) is 12.1 Å². The van der Waals surface area contributed by atoms with E-state index in [-0.39, 0.29) is 23.7 Å². The van der Waals surface area contributed by atoms with Crippen molar-refractivity contribution in [1.29, 1.82) is 0 Å². The topological polar surface area (TPSA) is 91.4 Å². The highest BCUT2D eigenvalue weighted by Crippen LogP contribution is 2.33. The van der Waals surface area contributed by atoms with Crippen molar-refractivity contribution in [2.75, 3.05) is 10.6 Å². The second-order valence-electron chi connectivity index (χ2n) is 7.66. The monoisotopic (exact) mass is 460 g/mol. The SMILES string of the molecule is CC(=O)Nc1ccc(C2=C(Nc3ccc(C)c(Cl)c3)C(=O)N(Cc3cccnc3)C2=O)cc1. The van der Waals surface area contributed by atoms with Gasteiger partial charge in [0.1, 0.15) is 5.70 Å². The second kappa shape index (κ2) is 9.26. The summed E-state index contributed by atoms with van der Waals surface area (Å²) in [5.41, 5.74) is 3.78. The molecule has 0 spiro atoms. The highest BCUT2D eigenvalue weighted by Gasteiger charge is 2.39. The van der Waals surface area contributed by atoms with Gasteiger partial charge in [-0.15, -0.1) is 0 Å². The van der Waals surface area contributed by atoms with Gasteiger partial charge in [-0.25, -0.2) is 0 Å². The molecular weight excluding hydrogens is 440 g/mol. The third-order valence-electron chi connectivity index (χ3n) is 5.17. The summed E-state index contributed by atoms with van der Waals surface area (Å²) in [7, 11) is 0. The van der Waals surface area contributed by atoms with Crippen LogP contribution in [0, 0.1) is 6.92 Å². The van der Waals surface area contributed by atoms with Crippen molar-refractivity contribution >= 4 is 46.3 Å². The van der Waals surface area contributed by atoms with Gasteiger partial charge in [-0.2, -0.15) is 0 Å². The van der Waals surface area contributed by atoms with E-state index in [1.54, 1.807) is 60.9 Å². The van der Waals surface area contributed by atoms with Crippen LogP contribution in [0.25, 0.3) is 5.57 Å². The Balaban J connectivity index is 1.73. The number of carbonyl (C=O) groups is 3. The molecule has 1 aromatic heterocycles. The van der Waals surface area contributed by atoms with Crippen molar-refractivity contribution in [3.63, 3.8) is 0 Å². The van der Waals surface area contributed by atoms with E-state index in [4.69, 9.17) is 11.6 Å². The summed E-state index contributed by atoms with van der Waals surface area (Å²) in [6, 6.07) is 15.7. The van der Waals surface area contributed by atoms with E-state index in [1.807, 2.05) is 13.0 Å². The number of amides is 3. The van der Waals surface area contributed by atoms with Gasteiger partial charge in [-0.1, -0.05) is 35.9 Å². The predicted octanol–water partition coefficient (Wildman–Crippen LogP) is 4.39. The lowest BCUT2D eigenvalue weighted by Gasteiger charge is -2.15. The van der Waals surface area contributed by atoms with Crippen LogP contribution in [0.2, 0.25) is 5.02 Å². The highest BCUT2D eigenvalue weighted by atomic mass is 35.5.